The summed E-state index contributed by atoms with van der Waals surface area (Å²) in [6.07, 6.45) is 0.342. The first-order chi connectivity index (χ1) is 7.58. The average Bonchev–Trinajstić information content (AvgIpc) is 2.20. The number of rotatable bonds is 5. The van der Waals surface area contributed by atoms with E-state index >= 15 is 0 Å². The van der Waals surface area contributed by atoms with Crippen LogP contribution in [-0.4, -0.2) is 31.6 Å². The molecule has 5 heteroatoms. The Kier molecular flexibility index (Phi) is 5.28. The number of halogens is 1. The summed E-state index contributed by atoms with van der Waals surface area (Å²) < 4.78 is 6.42. The third kappa shape index (κ3) is 5.14. The molecule has 1 rings (SSSR count). The van der Waals surface area contributed by atoms with Gasteiger partial charge in [0.2, 0.25) is 5.91 Å². The van der Waals surface area contributed by atoms with Crippen molar-refractivity contribution in [2.45, 2.75) is 6.42 Å². The highest BCUT2D eigenvalue weighted by Gasteiger charge is 2.02. The zero-order chi connectivity index (χ0) is 12.0. The minimum absolute atomic E-state index is 0.0536. The van der Waals surface area contributed by atoms with Gasteiger partial charge in [-0.2, -0.15) is 0 Å². The first-order valence-corrected chi connectivity index (χ1v) is 5.72. The smallest absolute Gasteiger partial charge is 0.237 e. The fraction of sp³-hybridized carbons (Fsp3) is 0.364. The molecule has 0 radical (unpaired) electrons. The number of hydrazine groups is 1. The van der Waals surface area contributed by atoms with Gasteiger partial charge in [-0.3, -0.25) is 10.2 Å². The van der Waals surface area contributed by atoms with Crippen LogP contribution < -0.4 is 10.2 Å². The molecular weight excluding hydrogens is 272 g/mol. The first kappa shape index (κ1) is 13.0. The van der Waals surface area contributed by atoms with Crippen molar-refractivity contribution in [3.8, 4) is 5.75 Å². The maximum Gasteiger partial charge on any atom is 0.237 e. The van der Waals surface area contributed by atoms with Crippen LogP contribution in [0.1, 0.15) is 6.42 Å². The molecule has 0 saturated carbocycles. The summed E-state index contributed by atoms with van der Waals surface area (Å²) in [5, 5.41) is 1.61. The van der Waals surface area contributed by atoms with Gasteiger partial charge in [-0.05, 0) is 24.3 Å². The fourth-order valence-corrected chi connectivity index (χ4v) is 1.36. The van der Waals surface area contributed by atoms with E-state index in [4.69, 9.17) is 4.74 Å². The highest BCUT2D eigenvalue weighted by Crippen LogP contribution is 2.15. The SMILES string of the molecule is CN(C)NC(=O)CCOc1ccc(Br)cc1. The van der Waals surface area contributed by atoms with Crippen molar-refractivity contribution in [3.63, 3.8) is 0 Å². The molecule has 0 aliphatic heterocycles. The Hall–Kier alpha value is -1.07. The molecule has 1 aromatic rings. The topological polar surface area (TPSA) is 41.6 Å². The molecule has 1 N–H and O–H groups in total. The highest BCUT2D eigenvalue weighted by atomic mass is 79.9. The predicted molar refractivity (Wildman–Crippen MR) is 66.1 cm³/mol. The van der Waals surface area contributed by atoms with Crippen LogP contribution in [0.15, 0.2) is 28.7 Å². The van der Waals surface area contributed by atoms with Crippen LogP contribution in [0, 0.1) is 0 Å². The number of nitrogens with zero attached hydrogens (tertiary/aromatic N) is 1. The monoisotopic (exact) mass is 286 g/mol. The maximum absolute atomic E-state index is 11.3. The first-order valence-electron chi connectivity index (χ1n) is 4.93. The van der Waals surface area contributed by atoms with Gasteiger partial charge in [0, 0.05) is 18.6 Å². The summed E-state index contributed by atoms with van der Waals surface area (Å²) in [5.41, 5.74) is 2.65. The van der Waals surface area contributed by atoms with E-state index in [-0.39, 0.29) is 5.91 Å². The lowest BCUT2D eigenvalue weighted by molar-refractivity contribution is -0.125. The van der Waals surface area contributed by atoms with Crippen molar-refractivity contribution >= 4 is 21.8 Å². The molecule has 0 saturated heterocycles. The van der Waals surface area contributed by atoms with Gasteiger partial charge in [-0.1, -0.05) is 15.9 Å². The molecule has 0 heterocycles. The molecular formula is C11H15BrN2O2. The van der Waals surface area contributed by atoms with E-state index in [1.165, 1.54) is 0 Å². The second-order valence-electron chi connectivity index (χ2n) is 3.48. The van der Waals surface area contributed by atoms with Crippen LogP contribution in [0.4, 0.5) is 0 Å². The predicted octanol–water partition coefficient (Wildman–Crippen LogP) is 1.81. The van der Waals surface area contributed by atoms with E-state index in [2.05, 4.69) is 21.4 Å². The van der Waals surface area contributed by atoms with E-state index in [1.54, 1.807) is 19.1 Å². The van der Waals surface area contributed by atoms with E-state index in [1.807, 2.05) is 24.3 Å². The zero-order valence-electron chi connectivity index (χ0n) is 9.37. The molecule has 16 heavy (non-hydrogen) atoms. The summed E-state index contributed by atoms with van der Waals surface area (Å²) in [4.78, 5) is 11.3. The Labute approximate surface area is 104 Å². The standard InChI is InChI=1S/C11H15BrN2O2/c1-14(2)13-11(15)7-8-16-10-5-3-9(12)4-6-10/h3-6H,7-8H2,1-2H3,(H,13,15). The van der Waals surface area contributed by atoms with Gasteiger partial charge in [0.25, 0.3) is 0 Å². The molecule has 0 fully saturated rings. The minimum Gasteiger partial charge on any atom is -0.493 e. The van der Waals surface area contributed by atoms with Crippen LogP contribution in [0.25, 0.3) is 0 Å². The third-order valence-corrected chi connectivity index (χ3v) is 2.29. The lowest BCUT2D eigenvalue weighted by Gasteiger charge is -2.12. The number of carbonyl (C=O) groups excluding carboxylic acids is 1. The summed E-state index contributed by atoms with van der Waals surface area (Å²) in [6.45, 7) is 0.376. The number of hydrogen-bond donors (Lipinski definition) is 1. The molecule has 0 aromatic heterocycles. The van der Waals surface area contributed by atoms with Gasteiger partial charge < -0.3 is 4.74 Å². The van der Waals surface area contributed by atoms with Crippen LogP contribution in [0.3, 0.4) is 0 Å². The number of hydrogen-bond acceptors (Lipinski definition) is 3. The molecule has 88 valence electrons. The van der Waals surface area contributed by atoms with E-state index in [0.717, 1.165) is 10.2 Å². The Balaban J connectivity index is 2.25. The lowest BCUT2D eigenvalue weighted by atomic mass is 10.3. The van der Waals surface area contributed by atoms with Crippen molar-refractivity contribution in [2.75, 3.05) is 20.7 Å². The molecule has 4 nitrogen and oxygen atoms in total. The molecule has 1 amide bonds. The second kappa shape index (κ2) is 6.50. The van der Waals surface area contributed by atoms with E-state index < -0.39 is 0 Å². The maximum atomic E-state index is 11.3. The normalized spacial score (nSPS) is 10.2. The molecule has 0 unspecified atom stereocenters. The lowest BCUT2D eigenvalue weighted by Crippen LogP contribution is -2.36. The summed E-state index contributed by atoms with van der Waals surface area (Å²) in [5.74, 6) is 0.711. The number of carbonyl (C=O) groups is 1. The van der Waals surface area contributed by atoms with Gasteiger partial charge in [0.1, 0.15) is 5.75 Å². The van der Waals surface area contributed by atoms with Crippen LogP contribution in [0.2, 0.25) is 0 Å². The van der Waals surface area contributed by atoms with Crippen molar-refractivity contribution in [1.82, 2.24) is 10.4 Å². The van der Waals surface area contributed by atoms with Gasteiger partial charge in [-0.25, -0.2) is 5.01 Å². The third-order valence-electron chi connectivity index (χ3n) is 1.76. The number of amides is 1. The molecule has 1 aromatic carbocycles. The average molecular weight is 287 g/mol. The quantitative estimate of drug-likeness (QED) is 0.840. The van der Waals surface area contributed by atoms with Crippen molar-refractivity contribution < 1.29 is 9.53 Å². The number of nitrogens with one attached hydrogen (secondary N) is 1. The summed E-state index contributed by atoms with van der Waals surface area (Å²) in [6, 6.07) is 7.51. The van der Waals surface area contributed by atoms with Gasteiger partial charge >= 0.3 is 0 Å². The highest BCUT2D eigenvalue weighted by molar-refractivity contribution is 9.10. The Morgan fingerprint density at radius 1 is 1.38 bits per heavy atom. The van der Waals surface area contributed by atoms with E-state index in [9.17, 15) is 4.79 Å². The molecule has 0 atom stereocenters. The van der Waals surface area contributed by atoms with Crippen molar-refractivity contribution in [1.29, 1.82) is 0 Å². The van der Waals surface area contributed by atoms with Crippen LogP contribution >= 0.6 is 15.9 Å². The van der Waals surface area contributed by atoms with E-state index in [0.29, 0.717) is 13.0 Å². The largest absolute Gasteiger partial charge is 0.493 e. The Morgan fingerprint density at radius 3 is 2.56 bits per heavy atom. The summed E-state index contributed by atoms with van der Waals surface area (Å²) in [7, 11) is 3.54. The molecule has 0 spiro atoms. The Bertz CT molecular complexity index is 338. The summed E-state index contributed by atoms with van der Waals surface area (Å²) >= 11 is 3.34. The Morgan fingerprint density at radius 2 is 2.00 bits per heavy atom. The van der Waals surface area contributed by atoms with Gasteiger partial charge in [0.15, 0.2) is 0 Å². The van der Waals surface area contributed by atoms with Crippen LogP contribution in [0.5, 0.6) is 5.75 Å². The molecule has 0 bridgehead atoms. The molecule has 0 aliphatic rings. The van der Waals surface area contributed by atoms with Gasteiger partial charge in [-0.15, -0.1) is 0 Å². The second-order valence-corrected chi connectivity index (χ2v) is 4.40. The van der Waals surface area contributed by atoms with Gasteiger partial charge in [0.05, 0.1) is 13.0 Å². The van der Waals surface area contributed by atoms with Crippen LogP contribution in [-0.2, 0) is 4.79 Å². The van der Waals surface area contributed by atoms with Crippen molar-refractivity contribution in [3.05, 3.63) is 28.7 Å². The minimum atomic E-state index is -0.0536. The van der Waals surface area contributed by atoms with Crippen molar-refractivity contribution in [2.24, 2.45) is 0 Å². The number of ether oxygens (including phenoxy) is 1. The number of benzene rings is 1. The fourth-order valence-electron chi connectivity index (χ4n) is 1.10. The molecule has 0 aliphatic carbocycles. The zero-order valence-corrected chi connectivity index (χ0v) is 11.0.